The summed E-state index contributed by atoms with van der Waals surface area (Å²) in [4.78, 5) is 24.8. The van der Waals surface area contributed by atoms with Crippen molar-refractivity contribution in [3.63, 3.8) is 0 Å². The van der Waals surface area contributed by atoms with Gasteiger partial charge >= 0.3 is 12.0 Å². The molecule has 0 aliphatic rings. The lowest BCUT2D eigenvalue weighted by molar-refractivity contribution is -0.140. The first kappa shape index (κ1) is 14.5. The summed E-state index contributed by atoms with van der Waals surface area (Å²) < 4.78 is 0. The van der Waals surface area contributed by atoms with Gasteiger partial charge in [-0.2, -0.15) is 0 Å². The fourth-order valence-corrected chi connectivity index (χ4v) is 1.98. The van der Waals surface area contributed by atoms with E-state index in [4.69, 9.17) is 10.2 Å². The molecular formula is C11H16N2O4S. The van der Waals surface area contributed by atoms with E-state index in [9.17, 15) is 9.59 Å². The molecule has 1 atom stereocenters. The zero-order valence-electron chi connectivity index (χ0n) is 10.00. The molecule has 1 unspecified atom stereocenters. The van der Waals surface area contributed by atoms with Gasteiger partial charge in [0.05, 0.1) is 6.61 Å². The van der Waals surface area contributed by atoms with Crippen LogP contribution in [0.4, 0.5) is 4.79 Å². The Morgan fingerprint density at radius 3 is 2.78 bits per heavy atom. The van der Waals surface area contributed by atoms with Gasteiger partial charge in [-0.1, -0.05) is 6.07 Å². The van der Waals surface area contributed by atoms with Crippen LogP contribution in [-0.4, -0.2) is 53.4 Å². The molecule has 0 bridgehead atoms. The van der Waals surface area contributed by atoms with Gasteiger partial charge < -0.3 is 20.4 Å². The smallest absolute Gasteiger partial charge is 0.328 e. The van der Waals surface area contributed by atoms with E-state index in [0.717, 1.165) is 11.3 Å². The topological polar surface area (TPSA) is 89.9 Å². The van der Waals surface area contributed by atoms with Gasteiger partial charge in [0.25, 0.3) is 0 Å². The number of amides is 2. The maximum absolute atomic E-state index is 11.6. The van der Waals surface area contributed by atoms with Crippen LogP contribution in [0.3, 0.4) is 0 Å². The van der Waals surface area contributed by atoms with E-state index >= 15 is 0 Å². The maximum Gasteiger partial charge on any atom is 0.328 e. The summed E-state index contributed by atoms with van der Waals surface area (Å²) >= 11 is 1.61. The second-order valence-electron chi connectivity index (χ2n) is 3.77. The number of likely N-dealkylation sites (N-methyl/N-ethyl adjacent to an activating group) is 1. The Morgan fingerprint density at radius 1 is 1.56 bits per heavy atom. The summed E-state index contributed by atoms with van der Waals surface area (Å²) in [5.74, 6) is -1.25. The molecule has 1 aromatic heterocycles. The number of carbonyl (C=O) groups excluding carboxylic acids is 1. The van der Waals surface area contributed by atoms with Crippen molar-refractivity contribution in [3.8, 4) is 0 Å². The summed E-state index contributed by atoms with van der Waals surface area (Å²) in [5.41, 5.74) is 0. The monoisotopic (exact) mass is 272 g/mol. The average molecular weight is 272 g/mol. The van der Waals surface area contributed by atoms with Gasteiger partial charge in [-0.25, -0.2) is 9.59 Å². The largest absolute Gasteiger partial charge is 0.480 e. The van der Waals surface area contributed by atoms with E-state index in [1.807, 2.05) is 17.5 Å². The molecule has 1 heterocycles. The molecule has 1 aromatic rings. The SMILES string of the molecule is CN(CCc1cccs1)C(=O)NC(CO)C(=O)O. The Bertz CT molecular complexity index is 394. The molecule has 0 fully saturated rings. The third-order valence-electron chi connectivity index (χ3n) is 2.40. The Balaban J connectivity index is 2.38. The molecular weight excluding hydrogens is 256 g/mol. The number of carbonyl (C=O) groups is 2. The predicted molar refractivity (Wildman–Crippen MR) is 67.7 cm³/mol. The van der Waals surface area contributed by atoms with Crippen LogP contribution in [0.15, 0.2) is 17.5 Å². The number of rotatable bonds is 6. The third kappa shape index (κ3) is 4.34. The van der Waals surface area contributed by atoms with Crippen molar-refractivity contribution >= 4 is 23.3 Å². The summed E-state index contributed by atoms with van der Waals surface area (Å²) in [6, 6.07) is 2.14. The van der Waals surface area contributed by atoms with E-state index in [1.54, 1.807) is 18.4 Å². The first-order chi connectivity index (χ1) is 8.54. The predicted octanol–water partition coefficient (Wildman–Crippen LogP) is 0.378. The summed E-state index contributed by atoms with van der Waals surface area (Å²) in [7, 11) is 1.58. The van der Waals surface area contributed by atoms with Gasteiger partial charge in [0.2, 0.25) is 0 Å². The standard InChI is InChI=1S/C11H16N2O4S/c1-13(5-4-8-3-2-6-18-8)11(17)12-9(7-14)10(15)16/h2-3,6,9,14H,4-5,7H2,1H3,(H,12,17)(H,15,16). The molecule has 0 spiro atoms. The van der Waals surface area contributed by atoms with E-state index in [0.29, 0.717) is 6.54 Å². The molecule has 0 saturated heterocycles. The van der Waals surface area contributed by atoms with Crippen LogP contribution in [-0.2, 0) is 11.2 Å². The normalized spacial score (nSPS) is 11.9. The van der Waals surface area contributed by atoms with Gasteiger partial charge in [-0.15, -0.1) is 11.3 Å². The number of hydrogen-bond donors (Lipinski definition) is 3. The van der Waals surface area contributed by atoms with Crippen LogP contribution in [0.5, 0.6) is 0 Å². The fraction of sp³-hybridized carbons (Fsp3) is 0.455. The van der Waals surface area contributed by atoms with Gasteiger partial charge in [0.1, 0.15) is 0 Å². The van der Waals surface area contributed by atoms with Gasteiger partial charge in [-0.3, -0.25) is 0 Å². The third-order valence-corrected chi connectivity index (χ3v) is 3.33. The number of urea groups is 1. The number of thiophene rings is 1. The lowest BCUT2D eigenvalue weighted by Crippen LogP contribution is -2.48. The lowest BCUT2D eigenvalue weighted by atomic mass is 10.3. The van der Waals surface area contributed by atoms with Crippen molar-refractivity contribution in [2.24, 2.45) is 0 Å². The first-order valence-corrected chi connectivity index (χ1v) is 6.30. The lowest BCUT2D eigenvalue weighted by Gasteiger charge is -2.20. The quantitative estimate of drug-likeness (QED) is 0.698. The minimum Gasteiger partial charge on any atom is -0.480 e. The highest BCUT2D eigenvalue weighted by Crippen LogP contribution is 2.09. The number of aliphatic hydroxyl groups excluding tert-OH is 1. The van der Waals surface area contributed by atoms with Gasteiger partial charge in [0, 0.05) is 18.5 Å². The molecule has 18 heavy (non-hydrogen) atoms. The summed E-state index contributed by atoms with van der Waals surface area (Å²) in [6.45, 7) is -0.135. The van der Waals surface area contributed by atoms with Crippen molar-refractivity contribution in [1.82, 2.24) is 10.2 Å². The van der Waals surface area contributed by atoms with E-state index in [1.165, 1.54) is 4.90 Å². The second-order valence-corrected chi connectivity index (χ2v) is 4.81. The Labute approximate surface area is 109 Å². The second kappa shape index (κ2) is 6.97. The molecule has 1 rings (SSSR count). The van der Waals surface area contributed by atoms with Crippen molar-refractivity contribution in [2.45, 2.75) is 12.5 Å². The summed E-state index contributed by atoms with van der Waals surface area (Å²) in [6.07, 6.45) is 0.721. The van der Waals surface area contributed by atoms with Crippen molar-refractivity contribution < 1.29 is 19.8 Å². The molecule has 0 radical (unpaired) electrons. The summed E-state index contributed by atoms with van der Waals surface area (Å²) in [5, 5.41) is 21.7. The number of carboxylic acid groups (broad SMARTS) is 1. The number of nitrogens with one attached hydrogen (secondary N) is 1. The minimum atomic E-state index is -1.26. The molecule has 0 aliphatic heterocycles. The molecule has 100 valence electrons. The van der Waals surface area contributed by atoms with Crippen molar-refractivity contribution in [3.05, 3.63) is 22.4 Å². The highest BCUT2D eigenvalue weighted by molar-refractivity contribution is 7.09. The van der Waals surface area contributed by atoms with Crippen LogP contribution < -0.4 is 5.32 Å². The molecule has 6 nitrogen and oxygen atoms in total. The minimum absolute atomic E-state index is 0.490. The van der Waals surface area contributed by atoms with Crippen LogP contribution in [0.25, 0.3) is 0 Å². The van der Waals surface area contributed by atoms with Crippen molar-refractivity contribution in [1.29, 1.82) is 0 Å². The zero-order chi connectivity index (χ0) is 13.5. The Morgan fingerprint density at radius 2 is 2.28 bits per heavy atom. The van der Waals surface area contributed by atoms with Gasteiger partial charge in [0.15, 0.2) is 6.04 Å². The highest BCUT2D eigenvalue weighted by atomic mass is 32.1. The molecule has 0 saturated carbocycles. The zero-order valence-corrected chi connectivity index (χ0v) is 10.8. The molecule has 0 aliphatic carbocycles. The Hall–Kier alpha value is -1.60. The molecule has 2 amide bonds. The number of carboxylic acids is 1. The van der Waals surface area contributed by atoms with Gasteiger partial charge in [-0.05, 0) is 17.9 Å². The number of aliphatic carboxylic acids is 1. The number of nitrogens with zero attached hydrogens (tertiary/aromatic N) is 1. The highest BCUT2D eigenvalue weighted by Gasteiger charge is 2.20. The number of hydrogen-bond acceptors (Lipinski definition) is 4. The van der Waals surface area contributed by atoms with Crippen molar-refractivity contribution in [2.75, 3.05) is 20.2 Å². The van der Waals surface area contributed by atoms with Crippen LogP contribution in [0, 0.1) is 0 Å². The molecule has 0 aromatic carbocycles. The number of aliphatic hydroxyl groups is 1. The fourth-order valence-electron chi connectivity index (χ4n) is 1.28. The van der Waals surface area contributed by atoms with E-state index in [2.05, 4.69) is 5.32 Å². The average Bonchev–Trinajstić information content (AvgIpc) is 2.85. The first-order valence-electron chi connectivity index (χ1n) is 5.42. The van der Waals surface area contributed by atoms with Crippen LogP contribution in [0.2, 0.25) is 0 Å². The van der Waals surface area contributed by atoms with Crippen LogP contribution >= 0.6 is 11.3 Å². The maximum atomic E-state index is 11.6. The molecule has 7 heteroatoms. The van der Waals surface area contributed by atoms with E-state index in [-0.39, 0.29) is 0 Å². The van der Waals surface area contributed by atoms with E-state index < -0.39 is 24.6 Å². The molecule has 3 N–H and O–H groups in total. The Kier molecular flexibility index (Phi) is 5.60. The van der Waals surface area contributed by atoms with Crippen LogP contribution in [0.1, 0.15) is 4.88 Å².